The number of nitrogens with one attached hydrogen (secondary N) is 1. The van der Waals surface area contributed by atoms with Crippen molar-refractivity contribution in [3.8, 4) is 10.7 Å². The molecule has 0 fully saturated rings. The lowest BCUT2D eigenvalue weighted by molar-refractivity contribution is 1.09. The van der Waals surface area contributed by atoms with Gasteiger partial charge in [0, 0.05) is 5.39 Å². The van der Waals surface area contributed by atoms with Gasteiger partial charge in [-0.1, -0.05) is 59.3 Å². The minimum Gasteiger partial charge on any atom is -0.329 e. The molecule has 1 N–H and O–H groups in total. The monoisotopic (exact) mass is 338 g/mol. The first kappa shape index (κ1) is 14.1. The number of para-hydroxylation sites is 2. The summed E-state index contributed by atoms with van der Waals surface area (Å²) in [6.07, 6.45) is 0. The van der Waals surface area contributed by atoms with E-state index in [9.17, 15) is 0 Å². The standard InChI is InChI=1S/C17H11ClN4S/c18-12-6-2-4-8-14(12)20-17-22-21-16(23-17)15-10-9-11-5-1-3-7-13(11)19-15/h1-10H,(H,20,22). The molecule has 0 saturated heterocycles. The molecule has 0 aliphatic heterocycles. The van der Waals surface area contributed by atoms with Gasteiger partial charge in [-0.15, -0.1) is 10.2 Å². The molecule has 2 aromatic carbocycles. The maximum atomic E-state index is 6.14. The summed E-state index contributed by atoms with van der Waals surface area (Å²) in [5, 5.41) is 14.8. The molecule has 0 unspecified atom stereocenters. The highest BCUT2D eigenvalue weighted by atomic mass is 35.5. The molecule has 2 heterocycles. The summed E-state index contributed by atoms with van der Waals surface area (Å²) < 4.78 is 0. The Balaban J connectivity index is 1.65. The van der Waals surface area contributed by atoms with E-state index in [1.165, 1.54) is 11.3 Å². The van der Waals surface area contributed by atoms with Crippen molar-refractivity contribution in [1.29, 1.82) is 0 Å². The van der Waals surface area contributed by atoms with Crippen molar-refractivity contribution in [2.45, 2.75) is 0 Å². The summed E-state index contributed by atoms with van der Waals surface area (Å²) in [7, 11) is 0. The van der Waals surface area contributed by atoms with Crippen molar-refractivity contribution in [1.82, 2.24) is 15.2 Å². The minimum atomic E-state index is 0.646. The van der Waals surface area contributed by atoms with Gasteiger partial charge in [0.1, 0.15) is 5.69 Å². The lowest BCUT2D eigenvalue weighted by Crippen LogP contribution is -1.89. The van der Waals surface area contributed by atoms with Crippen LogP contribution in [0, 0.1) is 0 Å². The Morgan fingerprint density at radius 1 is 0.870 bits per heavy atom. The number of rotatable bonds is 3. The summed E-state index contributed by atoms with van der Waals surface area (Å²) in [5.41, 5.74) is 2.57. The number of nitrogens with zero attached hydrogens (tertiary/aromatic N) is 3. The van der Waals surface area contributed by atoms with Gasteiger partial charge in [-0.25, -0.2) is 4.98 Å². The first-order valence-electron chi connectivity index (χ1n) is 7.01. The molecule has 0 radical (unpaired) electrons. The first-order chi connectivity index (χ1) is 11.3. The van der Waals surface area contributed by atoms with Crippen LogP contribution in [0.25, 0.3) is 21.6 Å². The fraction of sp³-hybridized carbons (Fsp3) is 0. The third-order valence-electron chi connectivity index (χ3n) is 3.36. The highest BCUT2D eigenvalue weighted by Crippen LogP contribution is 2.30. The number of anilines is 2. The minimum absolute atomic E-state index is 0.646. The number of aromatic nitrogens is 3. The molecule has 0 spiro atoms. The van der Waals surface area contributed by atoms with E-state index >= 15 is 0 Å². The quantitative estimate of drug-likeness (QED) is 0.561. The summed E-state index contributed by atoms with van der Waals surface area (Å²) in [5.74, 6) is 0. The largest absolute Gasteiger partial charge is 0.329 e. The zero-order valence-electron chi connectivity index (χ0n) is 11.9. The van der Waals surface area contributed by atoms with Crippen LogP contribution in [0.1, 0.15) is 0 Å². The molecular weight excluding hydrogens is 328 g/mol. The van der Waals surface area contributed by atoms with Crippen molar-refractivity contribution in [2.75, 3.05) is 5.32 Å². The van der Waals surface area contributed by atoms with Crippen LogP contribution in [0.2, 0.25) is 5.02 Å². The first-order valence-corrected chi connectivity index (χ1v) is 8.20. The molecule has 0 aliphatic rings. The smallest absolute Gasteiger partial charge is 0.210 e. The van der Waals surface area contributed by atoms with Crippen LogP contribution in [-0.4, -0.2) is 15.2 Å². The van der Waals surface area contributed by atoms with Gasteiger partial charge < -0.3 is 5.32 Å². The van der Waals surface area contributed by atoms with E-state index in [1.54, 1.807) is 0 Å². The van der Waals surface area contributed by atoms with Crippen LogP contribution in [0.4, 0.5) is 10.8 Å². The molecule has 112 valence electrons. The third kappa shape index (κ3) is 2.88. The molecule has 0 atom stereocenters. The predicted molar refractivity (Wildman–Crippen MR) is 95.4 cm³/mol. The summed E-state index contributed by atoms with van der Waals surface area (Å²) >= 11 is 7.59. The Kier molecular flexibility index (Phi) is 3.65. The van der Waals surface area contributed by atoms with Gasteiger partial charge in [-0.05, 0) is 24.3 Å². The summed E-state index contributed by atoms with van der Waals surface area (Å²) in [6, 6.07) is 19.5. The van der Waals surface area contributed by atoms with Crippen LogP contribution in [0.3, 0.4) is 0 Å². The van der Waals surface area contributed by atoms with Crippen LogP contribution >= 0.6 is 22.9 Å². The third-order valence-corrected chi connectivity index (χ3v) is 4.55. The lowest BCUT2D eigenvalue weighted by Gasteiger charge is -2.03. The second-order valence-electron chi connectivity index (χ2n) is 4.91. The highest BCUT2D eigenvalue weighted by molar-refractivity contribution is 7.18. The Labute approximate surface area is 141 Å². The molecule has 4 aromatic rings. The van der Waals surface area contributed by atoms with Gasteiger partial charge in [0.15, 0.2) is 5.01 Å². The molecule has 4 nitrogen and oxygen atoms in total. The molecule has 0 amide bonds. The van der Waals surface area contributed by atoms with Crippen LogP contribution in [0.15, 0.2) is 60.7 Å². The van der Waals surface area contributed by atoms with E-state index in [4.69, 9.17) is 11.6 Å². The van der Waals surface area contributed by atoms with Gasteiger partial charge in [0.25, 0.3) is 0 Å². The summed E-state index contributed by atoms with van der Waals surface area (Å²) in [4.78, 5) is 4.64. The Hall–Kier alpha value is -2.50. The normalized spacial score (nSPS) is 10.8. The maximum Gasteiger partial charge on any atom is 0.210 e. The van der Waals surface area contributed by atoms with Gasteiger partial charge in [0.2, 0.25) is 5.13 Å². The maximum absolute atomic E-state index is 6.14. The second kappa shape index (κ2) is 5.95. The van der Waals surface area contributed by atoms with Crippen molar-refractivity contribution in [3.05, 3.63) is 65.7 Å². The molecule has 23 heavy (non-hydrogen) atoms. The van der Waals surface area contributed by atoms with E-state index < -0.39 is 0 Å². The van der Waals surface area contributed by atoms with Gasteiger partial charge in [-0.2, -0.15) is 0 Å². The van der Waals surface area contributed by atoms with E-state index in [0.29, 0.717) is 10.2 Å². The van der Waals surface area contributed by atoms with Crippen molar-refractivity contribution in [2.24, 2.45) is 0 Å². The van der Waals surface area contributed by atoms with Gasteiger partial charge in [0.05, 0.1) is 16.2 Å². The van der Waals surface area contributed by atoms with Crippen molar-refractivity contribution in [3.63, 3.8) is 0 Å². The topological polar surface area (TPSA) is 50.7 Å². The van der Waals surface area contributed by atoms with E-state index in [2.05, 4.69) is 20.5 Å². The van der Waals surface area contributed by atoms with Gasteiger partial charge >= 0.3 is 0 Å². The van der Waals surface area contributed by atoms with Crippen molar-refractivity contribution < 1.29 is 0 Å². The Morgan fingerprint density at radius 2 is 1.70 bits per heavy atom. The zero-order valence-corrected chi connectivity index (χ0v) is 13.5. The fourth-order valence-corrected chi connectivity index (χ4v) is 3.15. The molecule has 0 saturated carbocycles. The number of hydrogen-bond acceptors (Lipinski definition) is 5. The molecular formula is C17H11ClN4S. The SMILES string of the molecule is Clc1ccccc1Nc1nnc(-c2ccc3ccccc3n2)s1. The molecule has 2 aromatic heterocycles. The number of pyridine rings is 1. The van der Waals surface area contributed by atoms with E-state index in [0.717, 1.165) is 27.3 Å². The second-order valence-corrected chi connectivity index (χ2v) is 6.29. The predicted octanol–water partition coefficient (Wildman–Crippen LogP) is 5.15. The van der Waals surface area contributed by atoms with Crippen LogP contribution in [-0.2, 0) is 0 Å². The fourth-order valence-electron chi connectivity index (χ4n) is 2.24. The lowest BCUT2D eigenvalue weighted by atomic mass is 10.2. The average Bonchev–Trinajstić information content (AvgIpc) is 3.05. The summed E-state index contributed by atoms with van der Waals surface area (Å²) in [6.45, 7) is 0. The Morgan fingerprint density at radius 3 is 2.61 bits per heavy atom. The van der Waals surface area contributed by atoms with Gasteiger partial charge in [-0.3, -0.25) is 0 Å². The number of halogens is 1. The van der Waals surface area contributed by atoms with E-state index in [1.807, 2.05) is 60.7 Å². The Bertz CT molecular complexity index is 983. The molecule has 6 heteroatoms. The highest BCUT2D eigenvalue weighted by Gasteiger charge is 2.10. The number of hydrogen-bond donors (Lipinski definition) is 1. The van der Waals surface area contributed by atoms with Crippen molar-refractivity contribution >= 4 is 44.7 Å². The average molecular weight is 339 g/mol. The zero-order chi connectivity index (χ0) is 15.6. The molecule has 4 rings (SSSR count). The van der Waals surface area contributed by atoms with Crippen LogP contribution < -0.4 is 5.32 Å². The number of fused-ring (bicyclic) bond motifs is 1. The van der Waals surface area contributed by atoms with Crippen LogP contribution in [0.5, 0.6) is 0 Å². The molecule has 0 aliphatic carbocycles. The molecule has 0 bridgehead atoms. The van der Waals surface area contributed by atoms with E-state index in [-0.39, 0.29) is 0 Å². The number of benzene rings is 2.